The Morgan fingerprint density at radius 2 is 1.00 bits per heavy atom. The summed E-state index contributed by atoms with van der Waals surface area (Å²) in [5.74, 6) is -0.641. The van der Waals surface area contributed by atoms with Crippen LogP contribution in [0.15, 0.2) is 0 Å². The largest absolute Gasteiger partial charge is 0.461 e. The highest BCUT2D eigenvalue weighted by molar-refractivity contribution is 5.67. The molecule has 0 saturated carbocycles. The molecule has 1 rings (SSSR count). The van der Waals surface area contributed by atoms with Crippen LogP contribution in [0.5, 0.6) is 0 Å². The van der Waals surface area contributed by atoms with Gasteiger partial charge in [-0.2, -0.15) is 0 Å². The second-order valence-corrected chi connectivity index (χ2v) is 5.02. The van der Waals surface area contributed by atoms with Gasteiger partial charge in [0.2, 0.25) is 0 Å². The molecule has 4 nitrogen and oxygen atoms in total. The number of benzene rings is 1. The third-order valence-corrected chi connectivity index (χ3v) is 3.80. The molecule has 0 unspecified atom stereocenters. The minimum absolute atomic E-state index is 0.208. The summed E-state index contributed by atoms with van der Waals surface area (Å²) in [6, 6.07) is 0. The molecule has 0 heterocycles. The molecule has 110 valence electrons. The van der Waals surface area contributed by atoms with E-state index in [1.54, 1.807) is 0 Å². The van der Waals surface area contributed by atoms with Crippen LogP contribution in [0.1, 0.15) is 47.2 Å². The normalized spacial score (nSPS) is 10.3. The zero-order valence-corrected chi connectivity index (χ0v) is 13.0. The molecular weight excluding hydrogens is 256 g/mol. The van der Waals surface area contributed by atoms with Crippen molar-refractivity contribution in [1.29, 1.82) is 0 Å². The van der Waals surface area contributed by atoms with Crippen LogP contribution in [0.3, 0.4) is 0 Å². The molecular formula is C16H22O4. The van der Waals surface area contributed by atoms with Gasteiger partial charge in [-0.15, -0.1) is 0 Å². The Balaban J connectivity index is 3.28. The molecule has 1 aromatic rings. The molecule has 0 aromatic heterocycles. The topological polar surface area (TPSA) is 52.6 Å². The van der Waals surface area contributed by atoms with Crippen molar-refractivity contribution < 1.29 is 19.1 Å². The Hall–Kier alpha value is -1.84. The number of rotatable bonds is 4. The fraction of sp³-hybridized carbons (Fsp3) is 0.500. The van der Waals surface area contributed by atoms with E-state index in [2.05, 4.69) is 0 Å². The summed E-state index contributed by atoms with van der Waals surface area (Å²) in [5.41, 5.74) is 6.38. The van der Waals surface area contributed by atoms with Crippen LogP contribution in [0.2, 0.25) is 0 Å². The molecule has 0 spiro atoms. The fourth-order valence-electron chi connectivity index (χ4n) is 2.21. The van der Waals surface area contributed by atoms with Gasteiger partial charge < -0.3 is 9.47 Å². The van der Waals surface area contributed by atoms with Crippen molar-refractivity contribution in [2.24, 2.45) is 0 Å². The van der Waals surface area contributed by atoms with Crippen molar-refractivity contribution in [3.05, 3.63) is 33.4 Å². The van der Waals surface area contributed by atoms with Crippen LogP contribution >= 0.6 is 0 Å². The summed E-state index contributed by atoms with van der Waals surface area (Å²) in [7, 11) is 0. The number of carbonyl (C=O) groups is 2. The zero-order chi connectivity index (χ0) is 15.4. The lowest BCUT2D eigenvalue weighted by Gasteiger charge is -2.20. The molecule has 4 heteroatoms. The molecule has 0 aliphatic rings. The van der Waals surface area contributed by atoms with E-state index in [1.165, 1.54) is 25.0 Å². The van der Waals surface area contributed by atoms with Gasteiger partial charge in [0.25, 0.3) is 0 Å². The van der Waals surface area contributed by atoms with Crippen molar-refractivity contribution >= 4 is 11.9 Å². The molecule has 20 heavy (non-hydrogen) atoms. The van der Waals surface area contributed by atoms with Crippen molar-refractivity contribution in [3.8, 4) is 0 Å². The molecule has 0 atom stereocenters. The highest BCUT2D eigenvalue weighted by atomic mass is 16.5. The molecule has 0 radical (unpaired) electrons. The Bertz CT molecular complexity index is 495. The first-order chi connectivity index (χ1) is 9.25. The first kappa shape index (κ1) is 16.2. The average molecular weight is 278 g/mol. The molecule has 0 aliphatic heterocycles. The van der Waals surface area contributed by atoms with Gasteiger partial charge in [-0.05, 0) is 61.1 Å². The van der Waals surface area contributed by atoms with Crippen molar-refractivity contribution in [2.45, 2.75) is 54.8 Å². The smallest absolute Gasteiger partial charge is 0.302 e. The van der Waals surface area contributed by atoms with E-state index < -0.39 is 0 Å². The minimum atomic E-state index is -0.321. The van der Waals surface area contributed by atoms with E-state index >= 15 is 0 Å². The van der Waals surface area contributed by atoms with Crippen LogP contribution in [0.4, 0.5) is 0 Å². The van der Waals surface area contributed by atoms with E-state index in [-0.39, 0.29) is 25.2 Å². The third-order valence-electron chi connectivity index (χ3n) is 3.80. The van der Waals surface area contributed by atoms with E-state index in [1.807, 2.05) is 27.7 Å². The lowest BCUT2D eigenvalue weighted by Crippen LogP contribution is -2.11. The Morgan fingerprint density at radius 1 is 0.700 bits per heavy atom. The number of hydrogen-bond donors (Lipinski definition) is 0. The Kier molecular flexibility index (Phi) is 5.31. The van der Waals surface area contributed by atoms with Gasteiger partial charge in [-0.25, -0.2) is 0 Å². The first-order valence-electron chi connectivity index (χ1n) is 6.60. The zero-order valence-electron chi connectivity index (χ0n) is 13.0. The van der Waals surface area contributed by atoms with E-state index in [4.69, 9.17) is 9.47 Å². The predicted molar refractivity (Wildman–Crippen MR) is 76.3 cm³/mol. The van der Waals surface area contributed by atoms with Gasteiger partial charge in [0.1, 0.15) is 13.2 Å². The molecule has 0 fully saturated rings. The lowest BCUT2D eigenvalue weighted by molar-refractivity contribution is -0.144. The summed E-state index contributed by atoms with van der Waals surface area (Å²) in [6.07, 6.45) is 0. The summed E-state index contributed by atoms with van der Waals surface area (Å²) >= 11 is 0. The van der Waals surface area contributed by atoms with Gasteiger partial charge in [-0.1, -0.05) is 0 Å². The summed E-state index contributed by atoms with van der Waals surface area (Å²) < 4.78 is 10.3. The Morgan fingerprint density at radius 3 is 1.25 bits per heavy atom. The van der Waals surface area contributed by atoms with Gasteiger partial charge in [0.15, 0.2) is 0 Å². The summed E-state index contributed by atoms with van der Waals surface area (Å²) in [5, 5.41) is 0. The number of carbonyl (C=O) groups excluding carboxylic acids is 2. The van der Waals surface area contributed by atoms with Crippen molar-refractivity contribution in [2.75, 3.05) is 0 Å². The molecule has 0 N–H and O–H groups in total. The van der Waals surface area contributed by atoms with E-state index in [0.717, 1.165) is 22.3 Å². The molecule has 0 bridgehead atoms. The highest BCUT2D eigenvalue weighted by Crippen LogP contribution is 2.28. The fourth-order valence-corrected chi connectivity index (χ4v) is 2.21. The Labute approximate surface area is 120 Å². The van der Waals surface area contributed by atoms with E-state index in [0.29, 0.717) is 0 Å². The summed E-state index contributed by atoms with van der Waals surface area (Å²) in [4.78, 5) is 22.1. The monoisotopic (exact) mass is 278 g/mol. The third kappa shape index (κ3) is 3.59. The maximum Gasteiger partial charge on any atom is 0.302 e. The molecule has 0 aliphatic carbocycles. The second-order valence-electron chi connectivity index (χ2n) is 5.02. The standard InChI is InChI=1S/C16H22O4/c1-9-10(2)12(4)16(8-20-14(6)18)15(11(9)3)7-19-13(5)17/h7-8H2,1-6H3. The molecule has 0 amide bonds. The molecule has 0 saturated heterocycles. The van der Waals surface area contributed by atoms with E-state index in [9.17, 15) is 9.59 Å². The maximum atomic E-state index is 11.0. The van der Waals surface area contributed by atoms with Crippen LogP contribution in [-0.4, -0.2) is 11.9 Å². The molecule has 1 aromatic carbocycles. The van der Waals surface area contributed by atoms with Crippen LogP contribution in [0.25, 0.3) is 0 Å². The van der Waals surface area contributed by atoms with Crippen molar-refractivity contribution in [3.63, 3.8) is 0 Å². The van der Waals surface area contributed by atoms with Crippen LogP contribution < -0.4 is 0 Å². The minimum Gasteiger partial charge on any atom is -0.461 e. The van der Waals surface area contributed by atoms with Gasteiger partial charge in [-0.3, -0.25) is 9.59 Å². The SMILES string of the molecule is CC(=O)OCc1c(C)c(C)c(C)c(C)c1COC(C)=O. The lowest BCUT2D eigenvalue weighted by atomic mass is 9.89. The van der Waals surface area contributed by atoms with Gasteiger partial charge in [0, 0.05) is 13.8 Å². The quantitative estimate of drug-likeness (QED) is 0.794. The highest BCUT2D eigenvalue weighted by Gasteiger charge is 2.16. The second kappa shape index (κ2) is 6.55. The first-order valence-corrected chi connectivity index (χ1v) is 6.60. The number of hydrogen-bond acceptors (Lipinski definition) is 4. The predicted octanol–water partition coefficient (Wildman–Crippen LogP) is 3.05. The van der Waals surface area contributed by atoms with Crippen LogP contribution in [-0.2, 0) is 32.3 Å². The number of esters is 2. The number of ether oxygens (including phenoxy) is 2. The van der Waals surface area contributed by atoms with Gasteiger partial charge in [0.05, 0.1) is 0 Å². The average Bonchev–Trinajstić information content (AvgIpc) is 2.37. The maximum absolute atomic E-state index is 11.0. The summed E-state index contributed by atoms with van der Waals surface area (Å²) in [6.45, 7) is 11.3. The van der Waals surface area contributed by atoms with Gasteiger partial charge >= 0.3 is 11.9 Å². The van der Waals surface area contributed by atoms with Crippen LogP contribution in [0, 0.1) is 27.7 Å². The van der Waals surface area contributed by atoms with Crippen molar-refractivity contribution in [1.82, 2.24) is 0 Å².